The van der Waals surface area contributed by atoms with Crippen LogP contribution < -0.4 is 9.88 Å². The van der Waals surface area contributed by atoms with E-state index in [9.17, 15) is 8.42 Å². The summed E-state index contributed by atoms with van der Waals surface area (Å²) in [7, 11) is -3.65. The maximum atomic E-state index is 11.3. The third-order valence-electron chi connectivity index (χ3n) is 3.90. The van der Waals surface area contributed by atoms with E-state index < -0.39 is 10.0 Å². The molecule has 1 aromatic carbocycles. The maximum absolute atomic E-state index is 11.3. The number of sulfonamides is 1. The standard InChI is InChI=1S/C15H23NO3S/c1-10-6-11(2)8-13(7-10)19-15-5-4-14(9-12(15)3)20(16,17)18/h4-5,9-11,13H,6-8H2,1-3H3,(H2,16,17,18). The van der Waals surface area contributed by atoms with Crippen molar-refractivity contribution < 1.29 is 13.2 Å². The van der Waals surface area contributed by atoms with E-state index in [1.165, 1.54) is 12.5 Å². The van der Waals surface area contributed by atoms with E-state index in [1.807, 2.05) is 6.92 Å². The van der Waals surface area contributed by atoms with Gasteiger partial charge in [-0.05, 0) is 61.8 Å². The van der Waals surface area contributed by atoms with Crippen LogP contribution >= 0.6 is 0 Å². The molecule has 1 aliphatic rings. The highest BCUT2D eigenvalue weighted by molar-refractivity contribution is 7.89. The van der Waals surface area contributed by atoms with Gasteiger partial charge in [-0.3, -0.25) is 0 Å². The van der Waals surface area contributed by atoms with Crippen molar-refractivity contribution in [3.63, 3.8) is 0 Å². The number of hydrogen-bond acceptors (Lipinski definition) is 3. The Morgan fingerprint density at radius 1 is 1.15 bits per heavy atom. The molecule has 0 amide bonds. The van der Waals surface area contributed by atoms with Gasteiger partial charge in [0.15, 0.2) is 0 Å². The molecular formula is C15H23NO3S. The summed E-state index contributed by atoms with van der Waals surface area (Å²) < 4.78 is 28.7. The SMILES string of the molecule is Cc1cc(S(N)(=O)=O)ccc1OC1CC(C)CC(C)C1. The molecule has 0 aromatic heterocycles. The molecule has 5 heteroatoms. The molecule has 0 saturated heterocycles. The Bertz CT molecular complexity index is 573. The van der Waals surface area contributed by atoms with Gasteiger partial charge in [0.25, 0.3) is 0 Å². The van der Waals surface area contributed by atoms with Crippen LogP contribution in [0.15, 0.2) is 23.1 Å². The highest BCUT2D eigenvalue weighted by Crippen LogP contribution is 2.32. The minimum absolute atomic E-state index is 0.132. The van der Waals surface area contributed by atoms with Gasteiger partial charge in [0.1, 0.15) is 5.75 Å². The minimum atomic E-state index is -3.65. The lowest BCUT2D eigenvalue weighted by atomic mass is 9.82. The normalized spacial score (nSPS) is 27.3. The first kappa shape index (κ1) is 15.3. The first-order valence-electron chi connectivity index (χ1n) is 7.06. The van der Waals surface area contributed by atoms with Gasteiger partial charge in [0.2, 0.25) is 10.0 Å². The maximum Gasteiger partial charge on any atom is 0.238 e. The molecule has 0 aliphatic heterocycles. The van der Waals surface area contributed by atoms with Crippen molar-refractivity contribution in [1.29, 1.82) is 0 Å². The fourth-order valence-corrected chi connectivity index (χ4v) is 3.68. The van der Waals surface area contributed by atoms with Gasteiger partial charge in [-0.25, -0.2) is 13.6 Å². The molecule has 1 aromatic rings. The third kappa shape index (κ3) is 3.73. The van der Waals surface area contributed by atoms with Crippen molar-refractivity contribution in [2.45, 2.75) is 51.0 Å². The van der Waals surface area contributed by atoms with Crippen molar-refractivity contribution in [3.8, 4) is 5.75 Å². The van der Waals surface area contributed by atoms with Crippen LogP contribution in [0.25, 0.3) is 0 Å². The first-order chi connectivity index (χ1) is 9.25. The number of nitrogens with two attached hydrogens (primary N) is 1. The molecule has 1 saturated carbocycles. The first-order valence-corrected chi connectivity index (χ1v) is 8.60. The molecule has 4 nitrogen and oxygen atoms in total. The number of aryl methyl sites for hydroxylation is 1. The Balaban J connectivity index is 2.14. The van der Waals surface area contributed by atoms with Crippen LogP contribution in [-0.2, 0) is 10.0 Å². The smallest absolute Gasteiger partial charge is 0.238 e. The lowest BCUT2D eigenvalue weighted by Gasteiger charge is -2.32. The number of hydrogen-bond donors (Lipinski definition) is 1. The zero-order valence-corrected chi connectivity index (χ0v) is 13.1. The zero-order valence-electron chi connectivity index (χ0n) is 12.3. The predicted octanol–water partition coefficient (Wildman–Crippen LogP) is 2.85. The molecule has 0 bridgehead atoms. The van der Waals surface area contributed by atoms with Crippen LogP contribution in [0.4, 0.5) is 0 Å². The van der Waals surface area contributed by atoms with Gasteiger partial charge in [-0.15, -0.1) is 0 Å². The van der Waals surface area contributed by atoms with E-state index >= 15 is 0 Å². The quantitative estimate of drug-likeness (QED) is 0.932. The predicted molar refractivity (Wildman–Crippen MR) is 79.1 cm³/mol. The van der Waals surface area contributed by atoms with Gasteiger partial charge in [0, 0.05) is 0 Å². The van der Waals surface area contributed by atoms with Crippen LogP contribution in [0.5, 0.6) is 5.75 Å². The van der Waals surface area contributed by atoms with Crippen LogP contribution in [-0.4, -0.2) is 14.5 Å². The van der Waals surface area contributed by atoms with Gasteiger partial charge in [0.05, 0.1) is 11.0 Å². The average Bonchev–Trinajstić information content (AvgIpc) is 2.29. The molecule has 0 heterocycles. The van der Waals surface area contributed by atoms with Crippen LogP contribution in [0.1, 0.15) is 38.7 Å². The van der Waals surface area contributed by atoms with Crippen molar-refractivity contribution >= 4 is 10.0 Å². The summed E-state index contributed by atoms with van der Waals surface area (Å²) in [4.78, 5) is 0.132. The molecule has 0 radical (unpaired) electrons. The summed E-state index contributed by atoms with van der Waals surface area (Å²) in [5, 5.41) is 5.13. The fraction of sp³-hybridized carbons (Fsp3) is 0.600. The Morgan fingerprint density at radius 3 is 2.25 bits per heavy atom. The van der Waals surface area contributed by atoms with Crippen LogP contribution in [0.2, 0.25) is 0 Å². The molecule has 1 aliphatic carbocycles. The average molecular weight is 297 g/mol. The highest BCUT2D eigenvalue weighted by atomic mass is 32.2. The van der Waals surface area contributed by atoms with Crippen LogP contribution in [0, 0.1) is 18.8 Å². The Labute approximate surface area is 121 Å². The summed E-state index contributed by atoms with van der Waals surface area (Å²) >= 11 is 0. The molecule has 2 unspecified atom stereocenters. The summed E-state index contributed by atoms with van der Waals surface area (Å²) in [6, 6.07) is 4.78. The molecule has 1 fully saturated rings. The second-order valence-electron chi connectivity index (χ2n) is 6.13. The number of benzene rings is 1. The van der Waals surface area contributed by atoms with Gasteiger partial charge >= 0.3 is 0 Å². The van der Waals surface area contributed by atoms with Crippen molar-refractivity contribution in [2.24, 2.45) is 17.0 Å². The topological polar surface area (TPSA) is 69.4 Å². The van der Waals surface area contributed by atoms with E-state index in [0.717, 1.165) is 24.2 Å². The highest BCUT2D eigenvalue weighted by Gasteiger charge is 2.25. The minimum Gasteiger partial charge on any atom is -0.490 e. The van der Waals surface area contributed by atoms with E-state index in [1.54, 1.807) is 12.1 Å². The van der Waals surface area contributed by atoms with Gasteiger partial charge in [-0.1, -0.05) is 13.8 Å². The van der Waals surface area contributed by atoms with Gasteiger partial charge in [-0.2, -0.15) is 0 Å². The van der Waals surface area contributed by atoms with E-state index in [-0.39, 0.29) is 11.0 Å². The zero-order chi connectivity index (χ0) is 14.9. The Morgan fingerprint density at radius 2 is 1.75 bits per heavy atom. The summed E-state index contributed by atoms with van der Waals surface area (Å²) in [6.45, 7) is 6.35. The lowest BCUT2D eigenvalue weighted by Crippen LogP contribution is -2.28. The van der Waals surface area contributed by atoms with E-state index in [0.29, 0.717) is 11.8 Å². The largest absolute Gasteiger partial charge is 0.490 e. The molecule has 2 rings (SSSR count). The summed E-state index contributed by atoms with van der Waals surface area (Å²) in [5.41, 5.74) is 0.808. The molecule has 0 spiro atoms. The van der Waals surface area contributed by atoms with Crippen molar-refractivity contribution in [3.05, 3.63) is 23.8 Å². The fourth-order valence-electron chi connectivity index (χ4n) is 3.08. The summed E-state index contributed by atoms with van der Waals surface area (Å²) in [5.74, 6) is 2.10. The second kappa shape index (κ2) is 5.74. The third-order valence-corrected chi connectivity index (χ3v) is 4.81. The summed E-state index contributed by atoms with van der Waals surface area (Å²) in [6.07, 6.45) is 3.58. The number of rotatable bonds is 3. The molecule has 2 atom stereocenters. The lowest BCUT2D eigenvalue weighted by molar-refractivity contribution is 0.100. The second-order valence-corrected chi connectivity index (χ2v) is 7.69. The van der Waals surface area contributed by atoms with Crippen molar-refractivity contribution in [1.82, 2.24) is 0 Å². The van der Waals surface area contributed by atoms with E-state index in [2.05, 4.69) is 13.8 Å². The number of ether oxygens (including phenoxy) is 1. The monoisotopic (exact) mass is 297 g/mol. The number of primary sulfonamides is 1. The molecule has 112 valence electrons. The van der Waals surface area contributed by atoms with Crippen molar-refractivity contribution in [2.75, 3.05) is 0 Å². The molecular weight excluding hydrogens is 274 g/mol. The van der Waals surface area contributed by atoms with E-state index in [4.69, 9.17) is 9.88 Å². The molecule has 2 N–H and O–H groups in total. The van der Waals surface area contributed by atoms with Crippen LogP contribution in [0.3, 0.4) is 0 Å². The Hall–Kier alpha value is -1.07. The molecule has 20 heavy (non-hydrogen) atoms. The Kier molecular flexibility index (Phi) is 4.39. The van der Waals surface area contributed by atoms with Gasteiger partial charge < -0.3 is 4.74 Å².